The fraction of sp³-hybridized carbons (Fsp3) is 0.385. The average molecular weight is 341 g/mol. The molecular formula is C13H13BrN2O2S. The van der Waals surface area contributed by atoms with Gasteiger partial charge in [-0.2, -0.15) is 0 Å². The second kappa shape index (κ2) is 6.07. The summed E-state index contributed by atoms with van der Waals surface area (Å²) in [5.41, 5.74) is 0.925. The summed E-state index contributed by atoms with van der Waals surface area (Å²) in [6.45, 7) is 1.64. The molecule has 1 aromatic heterocycles. The van der Waals surface area contributed by atoms with Crippen molar-refractivity contribution in [1.29, 1.82) is 0 Å². The van der Waals surface area contributed by atoms with Crippen LogP contribution >= 0.6 is 27.7 Å². The summed E-state index contributed by atoms with van der Waals surface area (Å²) in [7, 11) is 0. The molecule has 1 aromatic carbocycles. The Kier molecular flexibility index (Phi) is 4.20. The monoisotopic (exact) mass is 340 g/mol. The molecule has 0 atom stereocenters. The normalized spacial score (nSPS) is 16.7. The molecule has 100 valence electrons. The van der Waals surface area contributed by atoms with Gasteiger partial charge in [-0.25, -0.2) is 0 Å². The Bertz CT molecular complexity index is 555. The first-order valence-corrected chi connectivity index (χ1v) is 7.83. The topological polar surface area (TPSA) is 48.2 Å². The van der Waals surface area contributed by atoms with Crippen molar-refractivity contribution in [2.45, 2.75) is 23.3 Å². The highest BCUT2D eigenvalue weighted by Gasteiger charge is 2.19. The molecule has 0 saturated carbocycles. The zero-order chi connectivity index (χ0) is 13.1. The lowest BCUT2D eigenvalue weighted by atomic mass is 10.2. The van der Waals surface area contributed by atoms with E-state index in [9.17, 15) is 0 Å². The molecule has 19 heavy (non-hydrogen) atoms. The molecule has 1 aliphatic heterocycles. The van der Waals surface area contributed by atoms with Gasteiger partial charge in [0.2, 0.25) is 5.89 Å². The first-order valence-electron chi connectivity index (χ1n) is 6.16. The summed E-state index contributed by atoms with van der Waals surface area (Å²) in [6.07, 6.45) is 2.08. The van der Waals surface area contributed by atoms with E-state index < -0.39 is 0 Å². The van der Waals surface area contributed by atoms with Gasteiger partial charge < -0.3 is 9.15 Å². The van der Waals surface area contributed by atoms with Crippen LogP contribution in [0.4, 0.5) is 0 Å². The standard InChI is InChI=1S/C13H13BrN2O2S/c14-11-4-2-1-3-10(11)12-15-16-13(18-12)19-9-5-7-17-8-6-9/h1-4,9H,5-8H2. The van der Waals surface area contributed by atoms with Crippen LogP contribution in [0.15, 0.2) is 38.4 Å². The molecule has 0 spiro atoms. The Morgan fingerprint density at radius 1 is 1.16 bits per heavy atom. The fourth-order valence-corrected chi connectivity index (χ4v) is 3.32. The third-order valence-electron chi connectivity index (χ3n) is 2.95. The van der Waals surface area contributed by atoms with Gasteiger partial charge in [0.25, 0.3) is 5.22 Å². The zero-order valence-electron chi connectivity index (χ0n) is 10.2. The molecule has 1 saturated heterocycles. The molecule has 2 aromatic rings. The number of nitrogens with zero attached hydrogens (tertiary/aromatic N) is 2. The molecule has 0 unspecified atom stereocenters. The maximum atomic E-state index is 5.72. The van der Waals surface area contributed by atoms with Crippen molar-refractivity contribution in [2.24, 2.45) is 0 Å². The lowest BCUT2D eigenvalue weighted by Crippen LogP contribution is -2.17. The smallest absolute Gasteiger partial charge is 0.277 e. The van der Waals surface area contributed by atoms with Crippen LogP contribution in [0.3, 0.4) is 0 Å². The highest BCUT2D eigenvalue weighted by molar-refractivity contribution is 9.10. The van der Waals surface area contributed by atoms with Crippen LogP contribution in [0.2, 0.25) is 0 Å². The molecule has 0 bridgehead atoms. The van der Waals surface area contributed by atoms with Crippen molar-refractivity contribution in [3.63, 3.8) is 0 Å². The maximum Gasteiger partial charge on any atom is 0.277 e. The van der Waals surface area contributed by atoms with E-state index in [4.69, 9.17) is 9.15 Å². The van der Waals surface area contributed by atoms with Crippen LogP contribution in [-0.2, 0) is 4.74 Å². The minimum Gasteiger partial charge on any atom is -0.411 e. The molecule has 0 N–H and O–H groups in total. The van der Waals surface area contributed by atoms with Crippen LogP contribution in [0.5, 0.6) is 0 Å². The number of hydrogen-bond donors (Lipinski definition) is 0. The third-order valence-corrected chi connectivity index (χ3v) is 4.81. The van der Waals surface area contributed by atoms with Crippen molar-refractivity contribution in [3.05, 3.63) is 28.7 Å². The quantitative estimate of drug-likeness (QED) is 0.851. The number of thioether (sulfide) groups is 1. The molecule has 1 aliphatic rings. The van der Waals surface area contributed by atoms with Crippen LogP contribution in [0, 0.1) is 0 Å². The van der Waals surface area contributed by atoms with Gasteiger partial charge in [-0.05, 0) is 40.9 Å². The van der Waals surface area contributed by atoms with Crippen molar-refractivity contribution < 1.29 is 9.15 Å². The second-order valence-electron chi connectivity index (χ2n) is 4.28. The molecular weight excluding hydrogens is 328 g/mol. The van der Waals surface area contributed by atoms with Crippen molar-refractivity contribution in [3.8, 4) is 11.5 Å². The van der Waals surface area contributed by atoms with Gasteiger partial charge in [-0.15, -0.1) is 10.2 Å². The predicted molar refractivity (Wildman–Crippen MR) is 77.1 cm³/mol. The lowest BCUT2D eigenvalue weighted by Gasteiger charge is -2.19. The molecule has 0 aliphatic carbocycles. The van der Waals surface area contributed by atoms with E-state index in [-0.39, 0.29) is 0 Å². The number of hydrogen-bond acceptors (Lipinski definition) is 5. The van der Waals surface area contributed by atoms with Gasteiger partial charge in [-0.3, -0.25) is 0 Å². The molecule has 0 amide bonds. The van der Waals surface area contributed by atoms with Gasteiger partial charge in [0.05, 0.1) is 5.56 Å². The van der Waals surface area contributed by atoms with Crippen molar-refractivity contribution in [2.75, 3.05) is 13.2 Å². The molecule has 0 radical (unpaired) electrons. The van der Waals surface area contributed by atoms with Crippen LogP contribution < -0.4 is 0 Å². The van der Waals surface area contributed by atoms with Gasteiger partial charge in [-0.1, -0.05) is 23.9 Å². The number of halogens is 1. The van der Waals surface area contributed by atoms with E-state index in [1.807, 2.05) is 24.3 Å². The SMILES string of the molecule is Brc1ccccc1-c1nnc(SC2CCOCC2)o1. The van der Waals surface area contributed by atoms with Gasteiger partial charge in [0.15, 0.2) is 0 Å². The number of benzene rings is 1. The Morgan fingerprint density at radius 3 is 2.74 bits per heavy atom. The van der Waals surface area contributed by atoms with Gasteiger partial charge in [0.1, 0.15) is 0 Å². The predicted octanol–water partition coefficient (Wildman–Crippen LogP) is 3.77. The zero-order valence-corrected chi connectivity index (χ0v) is 12.6. The Morgan fingerprint density at radius 2 is 1.95 bits per heavy atom. The third kappa shape index (κ3) is 3.19. The van der Waals surface area contributed by atoms with E-state index >= 15 is 0 Å². The molecule has 2 heterocycles. The highest BCUT2D eigenvalue weighted by Crippen LogP contribution is 2.32. The first-order chi connectivity index (χ1) is 9.33. The first kappa shape index (κ1) is 13.1. The van der Waals surface area contributed by atoms with Gasteiger partial charge in [0, 0.05) is 22.9 Å². The summed E-state index contributed by atoms with van der Waals surface area (Å²) in [4.78, 5) is 0. The average Bonchev–Trinajstić information content (AvgIpc) is 2.89. The number of rotatable bonds is 3. The second-order valence-corrected chi connectivity index (χ2v) is 6.39. The summed E-state index contributed by atoms with van der Waals surface area (Å²) < 4.78 is 12.0. The summed E-state index contributed by atoms with van der Waals surface area (Å²) in [6, 6.07) is 7.84. The Hall–Kier alpha value is -0.850. The Labute approximate surface area is 124 Å². The summed E-state index contributed by atoms with van der Waals surface area (Å²) in [5, 5.41) is 9.38. The van der Waals surface area contributed by atoms with Crippen molar-refractivity contribution >= 4 is 27.7 Å². The maximum absolute atomic E-state index is 5.72. The fourth-order valence-electron chi connectivity index (χ4n) is 1.94. The van der Waals surface area contributed by atoms with Crippen LogP contribution in [-0.4, -0.2) is 28.7 Å². The molecule has 4 nitrogen and oxygen atoms in total. The van der Waals surface area contributed by atoms with E-state index in [0.717, 1.165) is 36.1 Å². The molecule has 1 fully saturated rings. The minimum absolute atomic E-state index is 0.515. The van der Waals surface area contributed by atoms with Crippen LogP contribution in [0.25, 0.3) is 11.5 Å². The highest BCUT2D eigenvalue weighted by atomic mass is 79.9. The Balaban J connectivity index is 1.74. The van der Waals surface area contributed by atoms with Crippen molar-refractivity contribution in [1.82, 2.24) is 10.2 Å². The number of ether oxygens (including phenoxy) is 1. The minimum atomic E-state index is 0.515. The summed E-state index contributed by atoms with van der Waals surface area (Å²) in [5.74, 6) is 0.557. The van der Waals surface area contributed by atoms with E-state index in [0.29, 0.717) is 16.4 Å². The van der Waals surface area contributed by atoms with Gasteiger partial charge >= 0.3 is 0 Å². The van der Waals surface area contributed by atoms with E-state index in [1.165, 1.54) is 0 Å². The van der Waals surface area contributed by atoms with Crippen LogP contribution in [0.1, 0.15) is 12.8 Å². The van der Waals surface area contributed by atoms with E-state index in [1.54, 1.807) is 11.8 Å². The summed E-state index contributed by atoms with van der Waals surface area (Å²) >= 11 is 5.14. The van der Waals surface area contributed by atoms with E-state index in [2.05, 4.69) is 26.1 Å². The molecule has 3 rings (SSSR count). The lowest BCUT2D eigenvalue weighted by molar-refractivity contribution is 0.0998. The largest absolute Gasteiger partial charge is 0.411 e. The molecule has 6 heteroatoms. The number of aromatic nitrogens is 2.